The Labute approximate surface area is 126 Å². The van der Waals surface area contributed by atoms with Crippen LogP contribution in [0.3, 0.4) is 0 Å². The first kappa shape index (κ1) is 15.6. The van der Waals surface area contributed by atoms with Gasteiger partial charge in [-0.3, -0.25) is 0 Å². The molecular formula is C16H24N2O3. The van der Waals surface area contributed by atoms with E-state index in [1.807, 2.05) is 24.3 Å². The number of benzene rings is 1. The lowest BCUT2D eigenvalue weighted by molar-refractivity contribution is 0.101. The van der Waals surface area contributed by atoms with Crippen molar-refractivity contribution in [3.63, 3.8) is 0 Å². The predicted octanol–water partition coefficient (Wildman–Crippen LogP) is 2.62. The van der Waals surface area contributed by atoms with E-state index in [9.17, 15) is 4.79 Å². The molecule has 1 aliphatic rings. The zero-order valence-electron chi connectivity index (χ0n) is 12.7. The van der Waals surface area contributed by atoms with E-state index in [1.165, 1.54) is 12.8 Å². The third-order valence-corrected chi connectivity index (χ3v) is 3.91. The van der Waals surface area contributed by atoms with Crippen molar-refractivity contribution in [1.29, 1.82) is 0 Å². The monoisotopic (exact) mass is 292 g/mol. The molecule has 1 fully saturated rings. The number of para-hydroxylation sites is 1. The van der Waals surface area contributed by atoms with Crippen LogP contribution in [0.15, 0.2) is 24.3 Å². The van der Waals surface area contributed by atoms with Gasteiger partial charge in [-0.25, -0.2) is 4.79 Å². The minimum atomic E-state index is -0.226. The number of amides is 2. The molecule has 2 rings (SSSR count). The van der Waals surface area contributed by atoms with Crippen LogP contribution in [0.5, 0.6) is 5.75 Å². The van der Waals surface area contributed by atoms with Crippen molar-refractivity contribution in [2.45, 2.75) is 37.8 Å². The molecule has 1 aliphatic carbocycles. The molecule has 5 heteroatoms. The molecule has 0 bridgehead atoms. The van der Waals surface area contributed by atoms with Crippen LogP contribution < -0.4 is 15.4 Å². The van der Waals surface area contributed by atoms with Gasteiger partial charge >= 0.3 is 6.03 Å². The summed E-state index contributed by atoms with van der Waals surface area (Å²) >= 11 is 0. The van der Waals surface area contributed by atoms with Crippen molar-refractivity contribution in [2.24, 2.45) is 0 Å². The van der Waals surface area contributed by atoms with E-state index in [-0.39, 0.29) is 12.1 Å². The molecule has 1 saturated carbocycles. The quantitative estimate of drug-likeness (QED) is 0.847. The zero-order chi connectivity index (χ0) is 15.1. The highest BCUT2D eigenvalue weighted by atomic mass is 16.5. The van der Waals surface area contributed by atoms with Gasteiger partial charge in [0, 0.05) is 25.3 Å². The van der Waals surface area contributed by atoms with Crippen LogP contribution in [0.25, 0.3) is 0 Å². The SMILES string of the molecule is COc1ccccc1C(CNC(=O)NC1CCCC1)OC. The molecule has 1 aromatic carbocycles. The smallest absolute Gasteiger partial charge is 0.315 e. The van der Waals surface area contributed by atoms with E-state index < -0.39 is 0 Å². The molecule has 2 N–H and O–H groups in total. The Morgan fingerprint density at radius 2 is 2.00 bits per heavy atom. The standard InChI is InChI=1S/C16H24N2O3/c1-20-14-10-6-5-9-13(14)15(21-2)11-17-16(19)18-12-7-3-4-8-12/h5-6,9-10,12,15H,3-4,7-8,11H2,1-2H3,(H2,17,18,19). The molecule has 0 heterocycles. The van der Waals surface area contributed by atoms with Crippen molar-refractivity contribution in [1.82, 2.24) is 10.6 Å². The maximum absolute atomic E-state index is 11.9. The van der Waals surface area contributed by atoms with Gasteiger partial charge in [-0.05, 0) is 18.9 Å². The van der Waals surface area contributed by atoms with E-state index in [0.29, 0.717) is 12.6 Å². The van der Waals surface area contributed by atoms with Gasteiger partial charge in [0.1, 0.15) is 11.9 Å². The molecule has 2 amide bonds. The minimum absolute atomic E-state index is 0.126. The Morgan fingerprint density at radius 1 is 1.29 bits per heavy atom. The van der Waals surface area contributed by atoms with Crippen LogP contribution >= 0.6 is 0 Å². The van der Waals surface area contributed by atoms with Gasteiger partial charge in [0.05, 0.1) is 7.11 Å². The summed E-state index contributed by atoms with van der Waals surface area (Å²) in [5, 5.41) is 5.88. The second-order valence-electron chi connectivity index (χ2n) is 5.30. The molecule has 5 nitrogen and oxygen atoms in total. The molecule has 0 aliphatic heterocycles. The summed E-state index contributed by atoms with van der Waals surface area (Å²) in [6, 6.07) is 7.87. The maximum atomic E-state index is 11.9. The van der Waals surface area contributed by atoms with E-state index >= 15 is 0 Å². The summed E-state index contributed by atoms with van der Waals surface area (Å²) in [6.07, 6.45) is 4.33. The number of hydrogen-bond acceptors (Lipinski definition) is 3. The van der Waals surface area contributed by atoms with Gasteiger partial charge in [0.2, 0.25) is 0 Å². The van der Waals surface area contributed by atoms with Crippen molar-refractivity contribution >= 4 is 6.03 Å². The first-order valence-electron chi connectivity index (χ1n) is 7.44. The number of carbonyl (C=O) groups is 1. The molecule has 0 spiro atoms. The average molecular weight is 292 g/mol. The summed E-state index contributed by atoms with van der Waals surface area (Å²) in [7, 11) is 3.26. The van der Waals surface area contributed by atoms with Crippen LogP contribution in [0.4, 0.5) is 4.79 Å². The van der Waals surface area contributed by atoms with Crippen LogP contribution in [0, 0.1) is 0 Å². The maximum Gasteiger partial charge on any atom is 0.315 e. The number of ether oxygens (including phenoxy) is 2. The van der Waals surface area contributed by atoms with Crippen molar-refractivity contribution in [2.75, 3.05) is 20.8 Å². The number of rotatable bonds is 6. The van der Waals surface area contributed by atoms with Crippen LogP contribution in [-0.4, -0.2) is 32.8 Å². The van der Waals surface area contributed by atoms with Gasteiger partial charge in [-0.2, -0.15) is 0 Å². The van der Waals surface area contributed by atoms with Gasteiger partial charge in [-0.15, -0.1) is 0 Å². The van der Waals surface area contributed by atoms with Crippen molar-refractivity contribution in [3.05, 3.63) is 29.8 Å². The van der Waals surface area contributed by atoms with Gasteiger partial charge in [0.15, 0.2) is 0 Å². The molecule has 1 aromatic rings. The summed E-state index contributed by atoms with van der Waals surface area (Å²) < 4.78 is 10.8. The second-order valence-corrected chi connectivity index (χ2v) is 5.30. The fourth-order valence-corrected chi connectivity index (χ4v) is 2.74. The Hall–Kier alpha value is -1.75. The van der Waals surface area contributed by atoms with Gasteiger partial charge in [-0.1, -0.05) is 31.0 Å². The lowest BCUT2D eigenvalue weighted by Gasteiger charge is -2.20. The van der Waals surface area contributed by atoms with E-state index in [2.05, 4.69) is 10.6 Å². The fraction of sp³-hybridized carbons (Fsp3) is 0.562. The number of nitrogens with one attached hydrogen (secondary N) is 2. The molecule has 116 valence electrons. The number of urea groups is 1. The Morgan fingerprint density at radius 3 is 2.67 bits per heavy atom. The number of methoxy groups -OCH3 is 2. The lowest BCUT2D eigenvalue weighted by Crippen LogP contribution is -2.42. The third kappa shape index (κ3) is 4.36. The highest BCUT2D eigenvalue weighted by Crippen LogP contribution is 2.26. The first-order valence-corrected chi connectivity index (χ1v) is 7.44. The number of hydrogen-bond donors (Lipinski definition) is 2. The van der Waals surface area contributed by atoms with Crippen LogP contribution in [-0.2, 0) is 4.74 Å². The molecular weight excluding hydrogens is 268 g/mol. The molecule has 0 radical (unpaired) electrons. The lowest BCUT2D eigenvalue weighted by atomic mass is 10.1. The molecule has 0 saturated heterocycles. The number of carbonyl (C=O) groups excluding carboxylic acids is 1. The summed E-state index contributed by atoms with van der Waals surface area (Å²) in [5.41, 5.74) is 0.934. The highest BCUT2D eigenvalue weighted by molar-refractivity contribution is 5.74. The highest BCUT2D eigenvalue weighted by Gasteiger charge is 2.19. The Kier molecular flexibility index (Phi) is 5.87. The largest absolute Gasteiger partial charge is 0.496 e. The Bertz CT molecular complexity index is 459. The van der Waals surface area contributed by atoms with Gasteiger partial charge in [0.25, 0.3) is 0 Å². The minimum Gasteiger partial charge on any atom is -0.496 e. The summed E-state index contributed by atoms with van der Waals surface area (Å²) in [6.45, 7) is 0.412. The first-order chi connectivity index (χ1) is 10.2. The summed E-state index contributed by atoms with van der Waals surface area (Å²) in [4.78, 5) is 11.9. The van der Waals surface area contributed by atoms with Gasteiger partial charge < -0.3 is 20.1 Å². The molecule has 1 atom stereocenters. The van der Waals surface area contributed by atoms with E-state index in [1.54, 1.807) is 14.2 Å². The Balaban J connectivity index is 1.88. The molecule has 21 heavy (non-hydrogen) atoms. The van der Waals surface area contributed by atoms with E-state index in [4.69, 9.17) is 9.47 Å². The summed E-state index contributed by atoms with van der Waals surface area (Å²) in [5.74, 6) is 0.766. The molecule has 0 aromatic heterocycles. The zero-order valence-corrected chi connectivity index (χ0v) is 12.7. The topological polar surface area (TPSA) is 59.6 Å². The predicted molar refractivity (Wildman–Crippen MR) is 81.5 cm³/mol. The van der Waals surface area contributed by atoms with E-state index in [0.717, 1.165) is 24.2 Å². The van der Waals surface area contributed by atoms with Crippen molar-refractivity contribution < 1.29 is 14.3 Å². The molecule has 1 unspecified atom stereocenters. The normalized spacial score (nSPS) is 16.5. The average Bonchev–Trinajstić information content (AvgIpc) is 3.01. The fourth-order valence-electron chi connectivity index (χ4n) is 2.74. The van der Waals surface area contributed by atoms with Crippen molar-refractivity contribution in [3.8, 4) is 5.75 Å². The third-order valence-electron chi connectivity index (χ3n) is 3.91. The van der Waals surface area contributed by atoms with Crippen LogP contribution in [0.2, 0.25) is 0 Å². The van der Waals surface area contributed by atoms with Crippen LogP contribution in [0.1, 0.15) is 37.4 Å². The second kappa shape index (κ2) is 7.88.